The number of carbonyl (C=O) groups is 2. The summed E-state index contributed by atoms with van der Waals surface area (Å²) < 4.78 is 17.0. The Bertz CT molecular complexity index is 1180. The Balaban J connectivity index is 1.36. The minimum absolute atomic E-state index is 0.0552. The normalized spacial score (nSPS) is 13.7. The van der Waals surface area contributed by atoms with E-state index in [4.69, 9.17) is 14.2 Å². The number of rotatable bonds is 9. The second-order valence-corrected chi connectivity index (χ2v) is 8.50. The van der Waals surface area contributed by atoms with Crippen molar-refractivity contribution in [1.82, 2.24) is 9.88 Å². The van der Waals surface area contributed by atoms with Crippen molar-refractivity contribution in [2.45, 2.75) is 26.4 Å². The standard InChI is InChI=1S/C28H31N3O5/c1-3-35-26-17-22(10-11-25(26)36-19-20-7-6-14-29-18-20)28(33)31-15-12-21(13-16-31)27(32)30-23-8-4-5-9-24(23)34-2/h4-11,14,17-18,21H,3,12-13,15-16,19H2,1-2H3,(H,30,32). The van der Waals surface area contributed by atoms with Gasteiger partial charge in [-0.3, -0.25) is 14.6 Å². The fourth-order valence-electron chi connectivity index (χ4n) is 4.18. The van der Waals surface area contributed by atoms with E-state index in [1.54, 1.807) is 42.6 Å². The number of nitrogens with zero attached hydrogens (tertiary/aromatic N) is 2. The number of para-hydroxylation sites is 2. The Morgan fingerprint density at radius 2 is 1.81 bits per heavy atom. The Labute approximate surface area is 211 Å². The molecule has 0 radical (unpaired) electrons. The van der Waals surface area contributed by atoms with Crippen LogP contribution in [0.1, 0.15) is 35.7 Å². The highest BCUT2D eigenvalue weighted by Crippen LogP contribution is 2.31. The maximum atomic E-state index is 13.2. The van der Waals surface area contributed by atoms with Gasteiger partial charge in [0.1, 0.15) is 12.4 Å². The number of hydrogen-bond donors (Lipinski definition) is 1. The number of ether oxygens (including phenoxy) is 3. The van der Waals surface area contributed by atoms with Crippen molar-refractivity contribution in [2.24, 2.45) is 5.92 Å². The molecule has 188 valence electrons. The molecule has 0 aliphatic carbocycles. The third kappa shape index (κ3) is 6.13. The van der Waals surface area contributed by atoms with E-state index in [2.05, 4.69) is 10.3 Å². The predicted molar refractivity (Wildman–Crippen MR) is 136 cm³/mol. The first-order valence-corrected chi connectivity index (χ1v) is 12.1. The van der Waals surface area contributed by atoms with Crippen molar-refractivity contribution in [1.29, 1.82) is 0 Å². The third-order valence-electron chi connectivity index (χ3n) is 6.13. The summed E-state index contributed by atoms with van der Waals surface area (Å²) in [6.07, 6.45) is 4.65. The Morgan fingerprint density at radius 3 is 2.53 bits per heavy atom. The van der Waals surface area contributed by atoms with Gasteiger partial charge in [-0.2, -0.15) is 0 Å². The molecule has 1 N–H and O–H groups in total. The maximum Gasteiger partial charge on any atom is 0.253 e. The van der Waals surface area contributed by atoms with Crippen LogP contribution in [-0.2, 0) is 11.4 Å². The highest BCUT2D eigenvalue weighted by Gasteiger charge is 2.28. The van der Waals surface area contributed by atoms with Crippen LogP contribution < -0.4 is 19.5 Å². The Morgan fingerprint density at radius 1 is 1.00 bits per heavy atom. The first-order valence-electron chi connectivity index (χ1n) is 12.1. The number of piperidine rings is 1. The second-order valence-electron chi connectivity index (χ2n) is 8.50. The summed E-state index contributed by atoms with van der Waals surface area (Å²) in [7, 11) is 1.57. The number of pyridine rings is 1. The van der Waals surface area contributed by atoms with Crippen molar-refractivity contribution < 1.29 is 23.8 Å². The fraction of sp³-hybridized carbons (Fsp3) is 0.321. The van der Waals surface area contributed by atoms with Crippen molar-refractivity contribution in [3.05, 3.63) is 78.1 Å². The van der Waals surface area contributed by atoms with Crippen LogP contribution in [0.3, 0.4) is 0 Å². The van der Waals surface area contributed by atoms with Crippen LogP contribution in [0.4, 0.5) is 5.69 Å². The van der Waals surface area contributed by atoms with Gasteiger partial charge in [-0.15, -0.1) is 0 Å². The predicted octanol–water partition coefficient (Wildman–Crippen LogP) is 4.56. The zero-order valence-electron chi connectivity index (χ0n) is 20.6. The number of hydrogen-bond acceptors (Lipinski definition) is 6. The molecule has 0 atom stereocenters. The summed E-state index contributed by atoms with van der Waals surface area (Å²) in [5, 5.41) is 2.96. The molecule has 0 bridgehead atoms. The van der Waals surface area contributed by atoms with E-state index in [1.807, 2.05) is 43.3 Å². The molecule has 4 rings (SSSR count). The average Bonchev–Trinajstić information content (AvgIpc) is 2.93. The molecular formula is C28H31N3O5. The van der Waals surface area contributed by atoms with Crippen molar-refractivity contribution in [3.63, 3.8) is 0 Å². The topological polar surface area (TPSA) is 90.0 Å². The minimum Gasteiger partial charge on any atom is -0.495 e. The summed E-state index contributed by atoms with van der Waals surface area (Å²) in [6, 6.07) is 16.4. The van der Waals surface area contributed by atoms with Gasteiger partial charge in [-0.1, -0.05) is 18.2 Å². The molecule has 2 heterocycles. The first kappa shape index (κ1) is 25.0. The number of amides is 2. The minimum atomic E-state index is -0.166. The van der Waals surface area contributed by atoms with Crippen molar-refractivity contribution in [2.75, 3.05) is 32.1 Å². The van der Waals surface area contributed by atoms with E-state index in [0.717, 1.165) is 5.56 Å². The van der Waals surface area contributed by atoms with E-state index in [-0.39, 0.29) is 17.7 Å². The van der Waals surface area contributed by atoms with Gasteiger partial charge in [0, 0.05) is 42.5 Å². The quantitative estimate of drug-likeness (QED) is 0.474. The number of aromatic nitrogens is 1. The smallest absolute Gasteiger partial charge is 0.253 e. The lowest BCUT2D eigenvalue weighted by atomic mass is 9.95. The van der Waals surface area contributed by atoms with Gasteiger partial charge in [0.2, 0.25) is 5.91 Å². The lowest BCUT2D eigenvalue weighted by molar-refractivity contribution is -0.121. The van der Waals surface area contributed by atoms with Gasteiger partial charge in [0.25, 0.3) is 5.91 Å². The van der Waals surface area contributed by atoms with Gasteiger partial charge >= 0.3 is 0 Å². The molecule has 1 aromatic heterocycles. The summed E-state index contributed by atoms with van der Waals surface area (Å²) in [5.41, 5.74) is 2.12. The number of carbonyl (C=O) groups excluding carboxylic acids is 2. The van der Waals surface area contributed by atoms with Crippen LogP contribution in [0.2, 0.25) is 0 Å². The highest BCUT2D eigenvalue weighted by atomic mass is 16.5. The van der Waals surface area contributed by atoms with Crippen LogP contribution in [0.5, 0.6) is 17.2 Å². The molecule has 1 aliphatic rings. The number of methoxy groups -OCH3 is 1. The highest BCUT2D eigenvalue weighted by molar-refractivity contribution is 5.96. The van der Waals surface area contributed by atoms with Crippen LogP contribution >= 0.6 is 0 Å². The molecule has 1 fully saturated rings. The maximum absolute atomic E-state index is 13.2. The van der Waals surface area contributed by atoms with Crippen molar-refractivity contribution in [3.8, 4) is 17.2 Å². The SMILES string of the molecule is CCOc1cc(C(=O)N2CCC(C(=O)Nc3ccccc3OC)CC2)ccc1OCc1cccnc1. The molecule has 3 aromatic rings. The van der Waals surface area contributed by atoms with Crippen LogP contribution in [0.25, 0.3) is 0 Å². The monoisotopic (exact) mass is 489 g/mol. The molecule has 36 heavy (non-hydrogen) atoms. The zero-order chi connectivity index (χ0) is 25.3. The van der Waals surface area contributed by atoms with Gasteiger partial charge in [0.05, 0.1) is 19.4 Å². The second kappa shape index (κ2) is 12.1. The molecule has 0 unspecified atom stereocenters. The number of nitrogens with one attached hydrogen (secondary N) is 1. The number of benzene rings is 2. The summed E-state index contributed by atoms with van der Waals surface area (Å²) in [6.45, 7) is 3.71. The zero-order valence-corrected chi connectivity index (χ0v) is 20.6. The summed E-state index contributed by atoms with van der Waals surface area (Å²) in [5.74, 6) is 1.42. The van der Waals surface area contributed by atoms with Crippen LogP contribution in [0.15, 0.2) is 67.0 Å². The van der Waals surface area contributed by atoms with E-state index in [0.29, 0.717) is 67.6 Å². The summed E-state index contributed by atoms with van der Waals surface area (Å²) in [4.78, 5) is 31.9. The largest absolute Gasteiger partial charge is 0.495 e. The Kier molecular flexibility index (Phi) is 8.39. The van der Waals surface area contributed by atoms with E-state index in [1.165, 1.54) is 0 Å². The molecule has 2 amide bonds. The average molecular weight is 490 g/mol. The molecule has 1 aliphatic heterocycles. The molecule has 0 spiro atoms. The summed E-state index contributed by atoms with van der Waals surface area (Å²) >= 11 is 0. The lowest BCUT2D eigenvalue weighted by Gasteiger charge is -2.31. The number of likely N-dealkylation sites (tertiary alicyclic amines) is 1. The molecule has 0 saturated carbocycles. The van der Waals surface area contributed by atoms with Crippen molar-refractivity contribution >= 4 is 17.5 Å². The molecule has 1 saturated heterocycles. The lowest BCUT2D eigenvalue weighted by Crippen LogP contribution is -2.41. The Hall–Kier alpha value is -4.07. The van der Waals surface area contributed by atoms with E-state index in [9.17, 15) is 9.59 Å². The first-order chi connectivity index (χ1) is 17.6. The fourth-order valence-corrected chi connectivity index (χ4v) is 4.18. The van der Waals surface area contributed by atoms with Gasteiger partial charge in [-0.05, 0) is 56.2 Å². The van der Waals surface area contributed by atoms with E-state index < -0.39 is 0 Å². The van der Waals surface area contributed by atoms with E-state index >= 15 is 0 Å². The van der Waals surface area contributed by atoms with Gasteiger partial charge in [-0.25, -0.2) is 0 Å². The third-order valence-corrected chi connectivity index (χ3v) is 6.13. The molecule has 8 heteroatoms. The van der Waals surface area contributed by atoms with Crippen LogP contribution in [0, 0.1) is 5.92 Å². The van der Waals surface area contributed by atoms with Gasteiger partial charge < -0.3 is 24.4 Å². The van der Waals surface area contributed by atoms with Crippen LogP contribution in [-0.4, -0.2) is 48.5 Å². The molecular weight excluding hydrogens is 458 g/mol. The van der Waals surface area contributed by atoms with Gasteiger partial charge in [0.15, 0.2) is 11.5 Å². The molecule has 8 nitrogen and oxygen atoms in total. The number of anilines is 1. The molecule has 2 aromatic carbocycles.